The molecule has 1 aliphatic rings. The van der Waals surface area contributed by atoms with Crippen molar-refractivity contribution in [1.29, 1.82) is 0 Å². The van der Waals surface area contributed by atoms with Gasteiger partial charge in [-0.1, -0.05) is 6.07 Å². The van der Waals surface area contributed by atoms with Gasteiger partial charge in [-0.2, -0.15) is 0 Å². The number of methoxy groups -OCH3 is 2. The number of fused-ring (bicyclic) bond motifs is 3. The van der Waals surface area contributed by atoms with Crippen molar-refractivity contribution in [2.45, 2.75) is 26.8 Å². The molecule has 1 aromatic carbocycles. The van der Waals surface area contributed by atoms with Crippen molar-refractivity contribution in [1.82, 2.24) is 29.0 Å². The Hall–Kier alpha value is -3.17. The number of hydrogen-bond donors (Lipinski definition) is 0. The molecule has 0 N–H and O–H groups in total. The summed E-state index contributed by atoms with van der Waals surface area (Å²) in [5.41, 5.74) is 5.30. The molecule has 0 radical (unpaired) electrons. The van der Waals surface area contributed by atoms with Crippen LogP contribution in [0.5, 0.6) is 11.5 Å². The fraction of sp³-hybridized carbons (Fsp3) is 0.458. The zero-order valence-corrected chi connectivity index (χ0v) is 19.7. The molecule has 9 heteroatoms. The molecule has 1 fully saturated rings. The smallest absolute Gasteiger partial charge is 0.168 e. The molecule has 0 spiro atoms. The van der Waals surface area contributed by atoms with Gasteiger partial charge in [0.05, 0.1) is 32.8 Å². The maximum Gasteiger partial charge on any atom is 0.168 e. The van der Waals surface area contributed by atoms with E-state index in [-0.39, 0.29) is 0 Å². The van der Waals surface area contributed by atoms with E-state index in [1.54, 1.807) is 25.1 Å². The van der Waals surface area contributed by atoms with Crippen LogP contribution in [0.2, 0.25) is 0 Å². The molecule has 0 amide bonds. The van der Waals surface area contributed by atoms with Gasteiger partial charge < -0.3 is 18.8 Å². The normalized spacial score (nSPS) is 14.9. The Kier molecular flexibility index (Phi) is 5.90. The molecule has 1 aliphatic heterocycles. The van der Waals surface area contributed by atoms with Crippen LogP contribution in [-0.2, 0) is 17.7 Å². The highest BCUT2D eigenvalue weighted by molar-refractivity contribution is 5.93. The number of morpholine rings is 1. The van der Waals surface area contributed by atoms with Crippen LogP contribution >= 0.6 is 0 Å². The summed E-state index contributed by atoms with van der Waals surface area (Å²) in [4.78, 5) is 12.1. The average molecular weight is 451 g/mol. The number of benzene rings is 1. The van der Waals surface area contributed by atoms with Gasteiger partial charge >= 0.3 is 0 Å². The molecule has 4 aromatic rings. The van der Waals surface area contributed by atoms with Gasteiger partial charge in [-0.25, -0.2) is 14.5 Å². The van der Waals surface area contributed by atoms with Crippen molar-refractivity contribution < 1.29 is 14.2 Å². The van der Waals surface area contributed by atoms with Gasteiger partial charge in [0.15, 0.2) is 23.0 Å². The molecule has 0 unspecified atom stereocenters. The van der Waals surface area contributed by atoms with Gasteiger partial charge in [-0.05, 0) is 37.1 Å². The molecule has 5 rings (SSSR count). The van der Waals surface area contributed by atoms with Gasteiger partial charge in [0.2, 0.25) is 0 Å². The van der Waals surface area contributed by atoms with E-state index in [4.69, 9.17) is 29.3 Å². The Balaban J connectivity index is 1.46. The molecule has 0 atom stereocenters. The summed E-state index contributed by atoms with van der Waals surface area (Å²) in [5, 5.41) is 5.77. The van der Waals surface area contributed by atoms with Gasteiger partial charge in [-0.15, -0.1) is 5.10 Å². The molecule has 33 heavy (non-hydrogen) atoms. The lowest BCUT2D eigenvalue weighted by atomic mass is 10.1. The lowest BCUT2D eigenvalue weighted by molar-refractivity contribution is 0.0364. The maximum absolute atomic E-state index is 5.48. The third-order valence-corrected chi connectivity index (χ3v) is 6.54. The highest BCUT2D eigenvalue weighted by atomic mass is 16.5. The first-order valence-corrected chi connectivity index (χ1v) is 11.3. The molecule has 0 aliphatic carbocycles. The highest BCUT2D eigenvalue weighted by Crippen LogP contribution is 2.29. The standard InChI is InChI=1S/C24H30N6O3/c1-16-17(2)29(8-7-28-9-11-33-12-10-28)23-22(16)24-26-21(27-30(24)15-25-23)14-18-5-6-19(31-3)20(13-18)32-4/h5-6,13,15H,7-12,14H2,1-4H3. The van der Waals surface area contributed by atoms with Crippen molar-refractivity contribution >= 4 is 16.7 Å². The van der Waals surface area contributed by atoms with Crippen LogP contribution in [0.3, 0.4) is 0 Å². The summed E-state index contributed by atoms with van der Waals surface area (Å²) in [7, 11) is 3.28. The van der Waals surface area contributed by atoms with Crippen molar-refractivity contribution in [3.05, 3.63) is 47.2 Å². The molecule has 0 bridgehead atoms. The molecule has 9 nitrogen and oxygen atoms in total. The molecule has 3 aromatic heterocycles. The molecule has 1 saturated heterocycles. The van der Waals surface area contributed by atoms with Crippen molar-refractivity contribution in [3.63, 3.8) is 0 Å². The summed E-state index contributed by atoms with van der Waals surface area (Å²) < 4.78 is 20.4. The van der Waals surface area contributed by atoms with E-state index in [1.165, 1.54) is 11.3 Å². The Bertz CT molecular complexity index is 1290. The molecule has 4 heterocycles. The Morgan fingerprint density at radius 1 is 1.00 bits per heavy atom. The number of rotatable bonds is 7. The summed E-state index contributed by atoms with van der Waals surface area (Å²) >= 11 is 0. The van der Waals surface area contributed by atoms with Crippen molar-refractivity contribution in [3.8, 4) is 11.5 Å². The Morgan fingerprint density at radius 2 is 1.79 bits per heavy atom. The molecule has 0 saturated carbocycles. The largest absolute Gasteiger partial charge is 0.493 e. The second-order valence-corrected chi connectivity index (χ2v) is 8.42. The van der Waals surface area contributed by atoms with E-state index >= 15 is 0 Å². The minimum Gasteiger partial charge on any atom is -0.493 e. The Morgan fingerprint density at radius 3 is 2.55 bits per heavy atom. The van der Waals surface area contributed by atoms with Crippen LogP contribution < -0.4 is 9.47 Å². The van der Waals surface area contributed by atoms with E-state index in [9.17, 15) is 0 Å². The molecular formula is C24H30N6O3. The first-order chi connectivity index (χ1) is 16.1. The summed E-state index contributed by atoms with van der Waals surface area (Å²) in [6.45, 7) is 9.78. The lowest BCUT2D eigenvalue weighted by Crippen LogP contribution is -2.38. The monoisotopic (exact) mass is 450 g/mol. The second-order valence-electron chi connectivity index (χ2n) is 8.42. The van der Waals surface area contributed by atoms with Crippen LogP contribution in [0.4, 0.5) is 0 Å². The van der Waals surface area contributed by atoms with E-state index in [1.807, 2.05) is 18.2 Å². The third-order valence-electron chi connectivity index (χ3n) is 6.54. The SMILES string of the molecule is COc1ccc(Cc2nc3c4c(C)c(C)n(CCN5CCOCC5)c4ncn3n2)cc1OC. The summed E-state index contributed by atoms with van der Waals surface area (Å²) in [6, 6.07) is 5.89. The third kappa shape index (κ3) is 4.02. The zero-order chi connectivity index (χ0) is 22.9. The predicted octanol–water partition coefficient (Wildman–Crippen LogP) is 2.64. The van der Waals surface area contributed by atoms with Gasteiger partial charge in [-0.3, -0.25) is 4.90 Å². The van der Waals surface area contributed by atoms with E-state index in [2.05, 4.69) is 23.3 Å². The van der Waals surface area contributed by atoms with E-state index < -0.39 is 0 Å². The molecule has 174 valence electrons. The second kappa shape index (κ2) is 8.99. The first kappa shape index (κ1) is 21.7. The predicted molar refractivity (Wildman–Crippen MR) is 125 cm³/mol. The number of aromatic nitrogens is 5. The van der Waals surface area contributed by atoms with Crippen LogP contribution in [0.25, 0.3) is 16.7 Å². The zero-order valence-electron chi connectivity index (χ0n) is 19.7. The number of nitrogens with zero attached hydrogens (tertiary/aromatic N) is 6. The Labute approximate surface area is 192 Å². The average Bonchev–Trinajstić information content (AvgIpc) is 3.36. The summed E-state index contributed by atoms with van der Waals surface area (Å²) in [6.07, 6.45) is 2.37. The molecular weight excluding hydrogens is 420 g/mol. The number of hydrogen-bond acceptors (Lipinski definition) is 7. The minimum absolute atomic E-state index is 0.597. The number of ether oxygens (including phenoxy) is 3. The number of aryl methyl sites for hydroxylation is 1. The topological polar surface area (TPSA) is 78.9 Å². The summed E-state index contributed by atoms with van der Waals surface area (Å²) in [5.74, 6) is 2.15. The fourth-order valence-electron chi connectivity index (χ4n) is 4.56. The maximum atomic E-state index is 5.48. The van der Waals surface area contributed by atoms with Crippen LogP contribution in [0.1, 0.15) is 22.6 Å². The van der Waals surface area contributed by atoms with Crippen LogP contribution in [0, 0.1) is 13.8 Å². The van der Waals surface area contributed by atoms with Crippen molar-refractivity contribution in [2.75, 3.05) is 47.1 Å². The van der Waals surface area contributed by atoms with Crippen LogP contribution in [-0.4, -0.2) is 76.1 Å². The lowest BCUT2D eigenvalue weighted by Gasteiger charge is -2.26. The van der Waals surface area contributed by atoms with E-state index in [0.717, 1.165) is 67.5 Å². The highest BCUT2D eigenvalue weighted by Gasteiger charge is 2.19. The quantitative estimate of drug-likeness (QED) is 0.428. The van der Waals surface area contributed by atoms with Gasteiger partial charge in [0.1, 0.15) is 12.0 Å². The van der Waals surface area contributed by atoms with Gasteiger partial charge in [0, 0.05) is 38.3 Å². The van der Waals surface area contributed by atoms with E-state index in [0.29, 0.717) is 17.9 Å². The first-order valence-electron chi connectivity index (χ1n) is 11.3. The minimum atomic E-state index is 0.597. The fourth-order valence-corrected chi connectivity index (χ4v) is 4.56. The van der Waals surface area contributed by atoms with Crippen LogP contribution in [0.15, 0.2) is 24.5 Å². The van der Waals surface area contributed by atoms with Crippen molar-refractivity contribution in [2.24, 2.45) is 0 Å². The van der Waals surface area contributed by atoms with Gasteiger partial charge in [0.25, 0.3) is 0 Å².